The quantitative estimate of drug-likeness (QED) is 0.468. The largest absolute Gasteiger partial charge is 0.497 e. The van der Waals surface area contributed by atoms with Crippen molar-refractivity contribution < 1.29 is 9.53 Å². The van der Waals surface area contributed by atoms with Crippen molar-refractivity contribution in [2.24, 2.45) is 5.84 Å². The fourth-order valence-electron chi connectivity index (χ4n) is 2.10. The molecule has 0 radical (unpaired) electrons. The topological polar surface area (TPSA) is 123 Å². The Bertz CT molecular complexity index is 834. The van der Waals surface area contributed by atoms with E-state index in [9.17, 15) is 14.9 Å². The molecule has 0 saturated heterocycles. The second kappa shape index (κ2) is 6.72. The smallest absolute Gasteiger partial charge is 0.272 e. The maximum Gasteiger partial charge on any atom is 0.272 e. The minimum atomic E-state index is -0.589. The average Bonchev–Trinajstić information content (AvgIpc) is 2.58. The van der Waals surface area contributed by atoms with Crippen LogP contribution < -0.4 is 21.6 Å². The van der Waals surface area contributed by atoms with E-state index in [1.54, 1.807) is 38.3 Å². The number of carbonyl (C=O) groups excluding carboxylic acids is 1. The van der Waals surface area contributed by atoms with E-state index < -0.39 is 11.5 Å². The van der Waals surface area contributed by atoms with Crippen LogP contribution >= 0.6 is 0 Å². The third-order valence-electron chi connectivity index (χ3n) is 3.30. The molecular weight excluding hydrogens is 298 g/mol. The maximum atomic E-state index is 12.4. The van der Waals surface area contributed by atoms with E-state index in [-0.39, 0.29) is 17.8 Å². The highest BCUT2D eigenvalue weighted by Gasteiger charge is 2.17. The fraction of sp³-hybridized carbons (Fsp3) is 0.200. The molecule has 0 aliphatic carbocycles. The van der Waals surface area contributed by atoms with Crippen LogP contribution in [0.2, 0.25) is 0 Å². The molecule has 1 aromatic carbocycles. The number of rotatable bonds is 4. The number of ether oxygens (including phenoxy) is 1. The van der Waals surface area contributed by atoms with E-state index >= 15 is 0 Å². The third kappa shape index (κ3) is 3.20. The summed E-state index contributed by atoms with van der Waals surface area (Å²) in [5.74, 6) is 5.43. The lowest BCUT2D eigenvalue weighted by molar-refractivity contribution is -0.121. The van der Waals surface area contributed by atoms with Crippen molar-refractivity contribution in [1.29, 1.82) is 5.26 Å². The predicted molar refractivity (Wildman–Crippen MR) is 82.3 cm³/mol. The summed E-state index contributed by atoms with van der Waals surface area (Å²) in [6.07, 6.45) is 0. The van der Waals surface area contributed by atoms with Crippen LogP contribution in [0.3, 0.4) is 0 Å². The van der Waals surface area contributed by atoms with Crippen molar-refractivity contribution in [3.8, 4) is 23.1 Å². The molecular formula is C15H15N5O3. The molecule has 1 aromatic heterocycles. The van der Waals surface area contributed by atoms with Gasteiger partial charge in [-0.15, -0.1) is 0 Å². The van der Waals surface area contributed by atoms with Gasteiger partial charge in [-0.3, -0.25) is 19.6 Å². The highest BCUT2D eigenvalue weighted by molar-refractivity contribution is 5.75. The summed E-state index contributed by atoms with van der Waals surface area (Å²) in [6.45, 7) is 1.28. The van der Waals surface area contributed by atoms with E-state index in [1.807, 2.05) is 11.5 Å². The van der Waals surface area contributed by atoms with Gasteiger partial charge >= 0.3 is 0 Å². The summed E-state index contributed by atoms with van der Waals surface area (Å²) in [4.78, 5) is 28.1. The SMILES string of the molecule is COc1ccc(-c2nc(C)n(CC(=O)NN)c(=O)c2C#N)cc1. The minimum Gasteiger partial charge on any atom is -0.497 e. The fourth-order valence-corrected chi connectivity index (χ4v) is 2.10. The molecule has 2 aromatic rings. The van der Waals surface area contributed by atoms with Crippen molar-refractivity contribution in [2.75, 3.05) is 7.11 Å². The summed E-state index contributed by atoms with van der Waals surface area (Å²) >= 11 is 0. The van der Waals surface area contributed by atoms with Crippen LogP contribution in [-0.2, 0) is 11.3 Å². The van der Waals surface area contributed by atoms with Crippen LogP contribution in [-0.4, -0.2) is 22.6 Å². The summed E-state index contributed by atoms with van der Waals surface area (Å²) < 4.78 is 6.18. The molecule has 0 fully saturated rings. The van der Waals surface area contributed by atoms with Crippen LogP contribution in [0.25, 0.3) is 11.3 Å². The van der Waals surface area contributed by atoms with Crippen molar-refractivity contribution in [2.45, 2.75) is 13.5 Å². The summed E-state index contributed by atoms with van der Waals surface area (Å²) in [6, 6.07) is 8.69. The van der Waals surface area contributed by atoms with Gasteiger partial charge in [0.15, 0.2) is 0 Å². The second-order valence-corrected chi connectivity index (χ2v) is 4.68. The number of benzene rings is 1. The van der Waals surface area contributed by atoms with Gasteiger partial charge in [0.05, 0.1) is 12.8 Å². The molecule has 1 heterocycles. The van der Waals surface area contributed by atoms with Crippen LogP contribution in [0.5, 0.6) is 5.75 Å². The van der Waals surface area contributed by atoms with Gasteiger partial charge in [0.25, 0.3) is 11.5 Å². The molecule has 3 N–H and O–H groups in total. The maximum absolute atomic E-state index is 12.4. The van der Waals surface area contributed by atoms with Crippen LogP contribution in [0, 0.1) is 18.3 Å². The zero-order chi connectivity index (χ0) is 17.0. The molecule has 0 spiro atoms. The standard InChI is InChI=1S/C15H15N5O3/c1-9-18-14(10-3-5-11(23-2)6-4-10)12(7-16)15(22)20(9)8-13(21)19-17/h3-6H,8,17H2,1-2H3,(H,19,21). The molecule has 2 rings (SSSR count). The Morgan fingerprint density at radius 1 is 1.43 bits per heavy atom. The zero-order valence-electron chi connectivity index (χ0n) is 12.7. The van der Waals surface area contributed by atoms with Gasteiger partial charge < -0.3 is 4.74 Å². The molecule has 0 unspecified atom stereocenters. The van der Waals surface area contributed by atoms with E-state index in [4.69, 9.17) is 10.6 Å². The van der Waals surface area contributed by atoms with Crippen LogP contribution in [0.4, 0.5) is 0 Å². The van der Waals surface area contributed by atoms with E-state index in [1.165, 1.54) is 0 Å². The Balaban J connectivity index is 2.60. The zero-order valence-corrected chi connectivity index (χ0v) is 12.7. The number of nitrogens with one attached hydrogen (secondary N) is 1. The van der Waals surface area contributed by atoms with Gasteiger partial charge in [0.2, 0.25) is 0 Å². The van der Waals surface area contributed by atoms with Crippen molar-refractivity contribution in [3.63, 3.8) is 0 Å². The highest BCUT2D eigenvalue weighted by Crippen LogP contribution is 2.22. The summed E-state index contributed by atoms with van der Waals surface area (Å²) in [5, 5.41) is 9.31. The first-order valence-corrected chi connectivity index (χ1v) is 6.67. The number of hydrogen-bond donors (Lipinski definition) is 2. The number of amides is 1. The van der Waals surface area contributed by atoms with Gasteiger partial charge in [-0.05, 0) is 31.2 Å². The number of aryl methyl sites for hydroxylation is 1. The van der Waals surface area contributed by atoms with Crippen molar-refractivity contribution in [1.82, 2.24) is 15.0 Å². The van der Waals surface area contributed by atoms with Crippen molar-refractivity contribution in [3.05, 3.63) is 46.0 Å². The van der Waals surface area contributed by atoms with Crippen LogP contribution in [0.15, 0.2) is 29.1 Å². The lowest BCUT2D eigenvalue weighted by atomic mass is 10.1. The first kappa shape index (κ1) is 16.2. The number of aromatic nitrogens is 2. The van der Waals surface area contributed by atoms with Gasteiger partial charge in [-0.2, -0.15) is 5.26 Å². The molecule has 0 saturated carbocycles. The minimum absolute atomic E-state index is 0.134. The Kier molecular flexibility index (Phi) is 4.73. The second-order valence-electron chi connectivity index (χ2n) is 4.68. The van der Waals surface area contributed by atoms with Gasteiger partial charge in [-0.1, -0.05) is 0 Å². The van der Waals surface area contributed by atoms with E-state index in [2.05, 4.69) is 4.98 Å². The Morgan fingerprint density at radius 2 is 2.09 bits per heavy atom. The first-order valence-electron chi connectivity index (χ1n) is 6.67. The lowest BCUT2D eigenvalue weighted by Gasteiger charge is -2.12. The highest BCUT2D eigenvalue weighted by atomic mass is 16.5. The molecule has 8 heteroatoms. The number of carbonyl (C=O) groups is 1. The molecule has 0 aliphatic rings. The summed E-state index contributed by atoms with van der Waals surface area (Å²) in [7, 11) is 1.54. The summed E-state index contributed by atoms with van der Waals surface area (Å²) in [5.41, 5.74) is 2.09. The molecule has 1 amide bonds. The van der Waals surface area contributed by atoms with E-state index in [0.717, 1.165) is 4.57 Å². The average molecular weight is 313 g/mol. The molecule has 0 bridgehead atoms. The Morgan fingerprint density at radius 3 is 2.61 bits per heavy atom. The first-order chi connectivity index (χ1) is 11.0. The number of nitrogens with zero attached hydrogens (tertiary/aromatic N) is 3. The molecule has 23 heavy (non-hydrogen) atoms. The normalized spacial score (nSPS) is 10.0. The number of methoxy groups -OCH3 is 1. The predicted octanol–water partition coefficient (Wildman–Crippen LogP) is 0.0889. The number of hydrogen-bond acceptors (Lipinski definition) is 6. The van der Waals surface area contributed by atoms with Crippen molar-refractivity contribution >= 4 is 5.91 Å². The van der Waals surface area contributed by atoms with Crippen LogP contribution in [0.1, 0.15) is 11.4 Å². The van der Waals surface area contributed by atoms with Gasteiger partial charge in [0, 0.05) is 5.56 Å². The van der Waals surface area contributed by atoms with Gasteiger partial charge in [0.1, 0.15) is 29.8 Å². The molecule has 118 valence electrons. The molecule has 8 nitrogen and oxygen atoms in total. The van der Waals surface area contributed by atoms with E-state index in [0.29, 0.717) is 17.1 Å². The Labute approximate surface area is 132 Å². The molecule has 0 aliphatic heterocycles. The number of hydrazine groups is 1. The Hall–Kier alpha value is -3.18. The third-order valence-corrected chi connectivity index (χ3v) is 3.30. The lowest BCUT2D eigenvalue weighted by Crippen LogP contribution is -2.38. The molecule has 0 atom stereocenters. The number of nitrogens with two attached hydrogens (primary N) is 1. The monoisotopic (exact) mass is 313 g/mol. The number of nitriles is 1. The van der Waals surface area contributed by atoms with Gasteiger partial charge in [-0.25, -0.2) is 10.8 Å².